The average Bonchev–Trinajstić information content (AvgIpc) is 2.50. The number of hydrogen-bond donors (Lipinski definition) is 1. The highest BCUT2D eigenvalue weighted by atomic mass is 16.6. The number of hydrogen-bond acceptors (Lipinski definition) is 4. The summed E-state index contributed by atoms with van der Waals surface area (Å²) in [4.78, 5) is 24.6. The molecule has 1 aromatic rings. The first-order chi connectivity index (χ1) is 10.1. The Morgan fingerprint density at radius 1 is 1.52 bits per heavy atom. The van der Waals surface area contributed by atoms with Crippen LogP contribution in [0.5, 0.6) is 0 Å². The summed E-state index contributed by atoms with van der Waals surface area (Å²) in [5, 5.41) is 9.05. The minimum atomic E-state index is -1.00. The molecule has 0 bridgehead atoms. The Morgan fingerprint density at radius 2 is 2.29 bits per heavy atom. The van der Waals surface area contributed by atoms with Crippen molar-refractivity contribution in [1.29, 1.82) is 0 Å². The van der Waals surface area contributed by atoms with Crippen LogP contribution in [0.25, 0.3) is 0 Å². The van der Waals surface area contributed by atoms with E-state index in [1.54, 1.807) is 19.2 Å². The van der Waals surface area contributed by atoms with Gasteiger partial charge in [0.2, 0.25) is 0 Å². The molecule has 1 atom stereocenters. The van der Waals surface area contributed by atoms with Crippen molar-refractivity contribution in [3.63, 3.8) is 0 Å². The van der Waals surface area contributed by atoms with Gasteiger partial charge in [0.1, 0.15) is 6.61 Å². The molecule has 1 aromatic carbocycles. The summed E-state index contributed by atoms with van der Waals surface area (Å²) < 4.78 is 10.4. The van der Waals surface area contributed by atoms with Gasteiger partial charge < -0.3 is 14.6 Å². The number of carbonyl (C=O) groups excluding carboxylic acids is 1. The van der Waals surface area contributed by atoms with E-state index in [2.05, 4.69) is 6.58 Å². The Kier molecular flexibility index (Phi) is 4.59. The van der Waals surface area contributed by atoms with Gasteiger partial charge in [-0.3, -0.25) is 4.90 Å². The van der Waals surface area contributed by atoms with E-state index in [0.717, 1.165) is 5.56 Å². The second kappa shape index (κ2) is 6.41. The second-order valence-corrected chi connectivity index (χ2v) is 4.69. The lowest BCUT2D eigenvalue weighted by Gasteiger charge is -2.33. The van der Waals surface area contributed by atoms with Crippen LogP contribution in [0, 0.1) is 0 Å². The third-order valence-corrected chi connectivity index (χ3v) is 3.33. The molecule has 0 saturated heterocycles. The van der Waals surface area contributed by atoms with Crippen molar-refractivity contribution in [2.24, 2.45) is 0 Å². The number of carboxylic acid groups (broad SMARTS) is 1. The lowest BCUT2D eigenvalue weighted by molar-refractivity contribution is 0.0696. The zero-order chi connectivity index (χ0) is 15.4. The van der Waals surface area contributed by atoms with Gasteiger partial charge >= 0.3 is 12.1 Å². The van der Waals surface area contributed by atoms with Crippen molar-refractivity contribution in [3.05, 3.63) is 42.0 Å². The molecule has 1 aliphatic rings. The van der Waals surface area contributed by atoms with Crippen molar-refractivity contribution >= 4 is 17.7 Å². The van der Waals surface area contributed by atoms with E-state index >= 15 is 0 Å². The molecule has 112 valence electrons. The fourth-order valence-electron chi connectivity index (χ4n) is 2.30. The number of methoxy groups -OCH3 is 1. The molecule has 0 fully saturated rings. The van der Waals surface area contributed by atoms with E-state index in [4.69, 9.17) is 14.6 Å². The van der Waals surface area contributed by atoms with E-state index in [0.29, 0.717) is 18.7 Å². The first-order valence-corrected chi connectivity index (χ1v) is 6.51. The SMILES string of the molecule is C=CCOC(=O)N1CC(OC)Cc2cc(C(=O)O)ccc21. The first kappa shape index (κ1) is 15.1. The van der Waals surface area contributed by atoms with Crippen molar-refractivity contribution in [1.82, 2.24) is 0 Å². The van der Waals surface area contributed by atoms with Gasteiger partial charge in [-0.25, -0.2) is 9.59 Å². The molecule has 0 aliphatic carbocycles. The van der Waals surface area contributed by atoms with Gasteiger partial charge in [-0.15, -0.1) is 0 Å². The standard InChI is InChI=1S/C15H17NO5/c1-3-6-21-15(19)16-9-12(20-2)8-11-7-10(14(17)18)4-5-13(11)16/h3-5,7,12H,1,6,8-9H2,2H3,(H,17,18). The predicted octanol–water partition coefficient (Wildman–Crippen LogP) is 2.08. The molecule has 6 nitrogen and oxygen atoms in total. The number of carboxylic acids is 1. The Balaban J connectivity index is 2.34. The van der Waals surface area contributed by atoms with Gasteiger partial charge in [0, 0.05) is 13.5 Å². The summed E-state index contributed by atoms with van der Waals surface area (Å²) in [6.07, 6.45) is 1.35. The fourth-order valence-corrected chi connectivity index (χ4v) is 2.30. The normalized spacial score (nSPS) is 17.0. The first-order valence-electron chi connectivity index (χ1n) is 6.51. The molecule has 0 aromatic heterocycles. The van der Waals surface area contributed by atoms with Crippen LogP contribution in [0.3, 0.4) is 0 Å². The van der Waals surface area contributed by atoms with Crippen molar-refractivity contribution < 1.29 is 24.2 Å². The summed E-state index contributed by atoms with van der Waals surface area (Å²) in [7, 11) is 1.56. The molecule has 2 rings (SSSR count). The maximum Gasteiger partial charge on any atom is 0.414 e. The third-order valence-electron chi connectivity index (χ3n) is 3.33. The predicted molar refractivity (Wildman–Crippen MR) is 76.8 cm³/mol. The number of nitrogens with zero attached hydrogens (tertiary/aromatic N) is 1. The summed E-state index contributed by atoms with van der Waals surface area (Å²) >= 11 is 0. The number of ether oxygens (including phenoxy) is 2. The molecule has 1 heterocycles. The third kappa shape index (κ3) is 3.22. The average molecular weight is 291 g/mol. The second-order valence-electron chi connectivity index (χ2n) is 4.69. The summed E-state index contributed by atoms with van der Waals surface area (Å²) in [5.41, 5.74) is 1.59. The maximum absolute atomic E-state index is 12.1. The fraction of sp³-hybridized carbons (Fsp3) is 0.333. The topological polar surface area (TPSA) is 76.1 Å². The lowest BCUT2D eigenvalue weighted by atomic mass is 9.97. The number of anilines is 1. The molecule has 1 N–H and O–H groups in total. The summed E-state index contributed by atoms with van der Waals surface area (Å²) in [6, 6.07) is 4.67. The van der Waals surface area contributed by atoms with Crippen LogP contribution in [-0.2, 0) is 15.9 Å². The summed E-state index contributed by atoms with van der Waals surface area (Å²) in [5.74, 6) is -1.00. The highest BCUT2D eigenvalue weighted by Gasteiger charge is 2.30. The van der Waals surface area contributed by atoms with E-state index in [-0.39, 0.29) is 18.3 Å². The molecule has 6 heteroatoms. The van der Waals surface area contributed by atoms with Crippen LogP contribution < -0.4 is 4.90 Å². The molecular formula is C15H17NO5. The lowest BCUT2D eigenvalue weighted by Crippen LogP contribution is -2.43. The van der Waals surface area contributed by atoms with E-state index in [9.17, 15) is 9.59 Å². The molecular weight excluding hydrogens is 274 g/mol. The van der Waals surface area contributed by atoms with E-state index < -0.39 is 12.1 Å². The van der Waals surface area contributed by atoms with Gasteiger partial charge in [0.15, 0.2) is 0 Å². The molecule has 21 heavy (non-hydrogen) atoms. The van der Waals surface area contributed by atoms with Crippen molar-refractivity contribution in [2.45, 2.75) is 12.5 Å². The summed E-state index contributed by atoms with van der Waals surface area (Å²) in [6.45, 7) is 3.99. The number of fused-ring (bicyclic) bond motifs is 1. The van der Waals surface area contributed by atoms with Gasteiger partial charge in [0.05, 0.1) is 23.9 Å². The molecule has 1 amide bonds. The smallest absolute Gasteiger partial charge is 0.414 e. The minimum absolute atomic E-state index is 0.121. The van der Waals surface area contributed by atoms with Crippen molar-refractivity contribution in [3.8, 4) is 0 Å². The van der Waals surface area contributed by atoms with Gasteiger partial charge in [-0.05, 0) is 23.8 Å². The molecule has 1 unspecified atom stereocenters. The largest absolute Gasteiger partial charge is 0.478 e. The zero-order valence-corrected chi connectivity index (χ0v) is 11.7. The number of amides is 1. The molecule has 1 aliphatic heterocycles. The Morgan fingerprint density at radius 3 is 2.90 bits per heavy atom. The number of rotatable bonds is 4. The molecule has 0 radical (unpaired) electrons. The van der Waals surface area contributed by atoms with E-state index in [1.807, 2.05) is 0 Å². The van der Waals surface area contributed by atoms with Crippen molar-refractivity contribution in [2.75, 3.05) is 25.2 Å². The van der Waals surface area contributed by atoms with Crippen LogP contribution in [0.4, 0.5) is 10.5 Å². The number of benzene rings is 1. The number of aromatic carboxylic acids is 1. The zero-order valence-electron chi connectivity index (χ0n) is 11.7. The highest BCUT2D eigenvalue weighted by molar-refractivity contribution is 5.92. The molecule has 0 saturated carbocycles. The Hall–Kier alpha value is -2.34. The minimum Gasteiger partial charge on any atom is -0.478 e. The van der Waals surface area contributed by atoms with Gasteiger partial charge in [0.25, 0.3) is 0 Å². The van der Waals surface area contributed by atoms with Crippen LogP contribution in [0.1, 0.15) is 15.9 Å². The van der Waals surface area contributed by atoms with Crippen LogP contribution in [-0.4, -0.2) is 43.5 Å². The van der Waals surface area contributed by atoms with Crippen LogP contribution in [0.2, 0.25) is 0 Å². The maximum atomic E-state index is 12.1. The van der Waals surface area contributed by atoms with Crippen LogP contribution in [0.15, 0.2) is 30.9 Å². The Labute approximate surface area is 122 Å². The van der Waals surface area contributed by atoms with E-state index in [1.165, 1.54) is 17.0 Å². The quantitative estimate of drug-likeness (QED) is 0.860. The number of carbonyl (C=O) groups is 2. The van der Waals surface area contributed by atoms with Crippen LogP contribution >= 0.6 is 0 Å². The monoisotopic (exact) mass is 291 g/mol. The molecule has 0 spiro atoms. The Bertz CT molecular complexity index is 569. The van der Waals surface area contributed by atoms with Gasteiger partial charge in [-0.1, -0.05) is 12.7 Å². The van der Waals surface area contributed by atoms with Gasteiger partial charge in [-0.2, -0.15) is 0 Å². The highest BCUT2D eigenvalue weighted by Crippen LogP contribution is 2.29.